The van der Waals surface area contributed by atoms with Gasteiger partial charge in [-0.1, -0.05) is 62.5 Å². The Morgan fingerprint density at radius 2 is 1.36 bits per heavy atom. The van der Waals surface area contributed by atoms with Gasteiger partial charge < -0.3 is 24.0 Å². The molecule has 2 aromatic rings. The van der Waals surface area contributed by atoms with E-state index in [0.29, 0.717) is 6.42 Å². The molecule has 0 bridgehead atoms. The highest BCUT2D eigenvalue weighted by Gasteiger charge is 2.02. The van der Waals surface area contributed by atoms with Gasteiger partial charge in [-0.2, -0.15) is 8.42 Å². The maximum Gasteiger partial charge on any atom is 0.264 e. The lowest BCUT2D eigenvalue weighted by Crippen LogP contribution is -3.00. The summed E-state index contributed by atoms with van der Waals surface area (Å²) in [6, 6.07) is 8.62. The van der Waals surface area contributed by atoms with E-state index in [1.807, 2.05) is 24.5 Å². The van der Waals surface area contributed by atoms with Gasteiger partial charge in [-0.05, 0) is 75.5 Å². The van der Waals surface area contributed by atoms with Crippen molar-refractivity contribution in [2.24, 2.45) is 0 Å². The zero-order chi connectivity index (χ0) is 27.2. The van der Waals surface area contributed by atoms with Crippen molar-refractivity contribution in [3.05, 3.63) is 84.5 Å². The molecule has 2 aromatic heterocycles. The summed E-state index contributed by atoms with van der Waals surface area (Å²) in [5.74, 6) is 0. The average molecular weight is 669 g/mol. The van der Waals surface area contributed by atoms with Crippen molar-refractivity contribution in [1.29, 1.82) is 0 Å². The Balaban J connectivity index is 0.00000760. The Morgan fingerprint density at radius 3 is 2.05 bits per heavy atom. The van der Waals surface area contributed by atoms with Gasteiger partial charge in [0.15, 0.2) is 18.9 Å². The molecule has 0 fully saturated rings. The van der Waals surface area contributed by atoms with Gasteiger partial charge >= 0.3 is 0 Å². The molecule has 7 heteroatoms. The van der Waals surface area contributed by atoms with E-state index in [0.717, 1.165) is 38.5 Å². The van der Waals surface area contributed by atoms with Gasteiger partial charge in [-0.3, -0.25) is 9.17 Å². The third-order valence-electron chi connectivity index (χ3n) is 6.53. The zero-order valence-electron chi connectivity index (χ0n) is 23.9. The molecule has 218 valence electrons. The summed E-state index contributed by atoms with van der Waals surface area (Å²) in [6.45, 7) is 1.28. The van der Waals surface area contributed by atoms with Crippen LogP contribution in [0, 0.1) is 0 Å². The van der Waals surface area contributed by atoms with E-state index in [-0.39, 0.29) is 30.6 Å². The van der Waals surface area contributed by atoms with Crippen molar-refractivity contribution in [1.82, 2.24) is 4.98 Å². The summed E-state index contributed by atoms with van der Waals surface area (Å²) in [7, 11) is -3.31. The number of unbranched alkanes of at least 4 members (excludes halogenated alkanes) is 9. The number of hydrogen-bond donors (Lipinski definition) is 0. The predicted molar refractivity (Wildman–Crippen MR) is 157 cm³/mol. The Kier molecular flexibility index (Phi) is 21.0. The van der Waals surface area contributed by atoms with E-state index in [1.54, 1.807) is 0 Å². The van der Waals surface area contributed by atoms with E-state index < -0.39 is 10.1 Å². The molecular weight excluding hydrogens is 619 g/mol. The van der Waals surface area contributed by atoms with Gasteiger partial charge in [0.2, 0.25) is 0 Å². The zero-order valence-corrected chi connectivity index (χ0v) is 26.8. The second-order valence-electron chi connectivity index (χ2n) is 10.1. The number of hydrogen-bond acceptors (Lipinski definition) is 4. The van der Waals surface area contributed by atoms with E-state index >= 15 is 0 Å². The molecule has 0 atom stereocenters. The maximum absolute atomic E-state index is 10.9. The fourth-order valence-corrected chi connectivity index (χ4v) is 4.84. The molecule has 2 rings (SSSR count). The number of rotatable bonds is 22. The summed E-state index contributed by atoms with van der Waals surface area (Å²) < 4.78 is 28.8. The van der Waals surface area contributed by atoms with Crippen LogP contribution in [0.2, 0.25) is 0 Å². The second kappa shape index (κ2) is 23.2. The smallest absolute Gasteiger partial charge is 0.264 e. The minimum absolute atomic E-state index is 0. The molecule has 5 nitrogen and oxygen atoms in total. The summed E-state index contributed by atoms with van der Waals surface area (Å²) >= 11 is 0. The number of pyridine rings is 2. The van der Waals surface area contributed by atoms with Gasteiger partial charge in [-0.15, -0.1) is 0 Å². The van der Waals surface area contributed by atoms with Crippen LogP contribution in [0.1, 0.15) is 94.6 Å². The molecular formula is C32H49IN2O3S. The summed E-state index contributed by atoms with van der Waals surface area (Å²) in [6.07, 6.45) is 35.9. The number of aryl methyl sites for hydroxylation is 3. The minimum atomic E-state index is -3.31. The lowest BCUT2D eigenvalue weighted by atomic mass is 10.1. The molecule has 0 amide bonds. The minimum Gasteiger partial charge on any atom is -1.00 e. The standard InChI is InChI=1S/C32H49N2O3S.HI/c1-38(35,36)37-28-18-14-10-5-3-2-4-7-12-16-22-32-24-20-27-34(30-32)26-17-13-9-6-8-11-15-21-31-23-19-25-33-29-31;/h9-10,13-14,19-20,23-25,27,29-30H,2-8,11-12,15-18,21-22,26,28H2,1H3;1H/q+1;/p-1/b13-9+,14-10+;. The Bertz CT molecular complexity index is 1030. The molecule has 0 aliphatic carbocycles. The van der Waals surface area contributed by atoms with Crippen LogP contribution in [0.25, 0.3) is 0 Å². The van der Waals surface area contributed by atoms with Crippen LogP contribution in [0.15, 0.2) is 73.4 Å². The van der Waals surface area contributed by atoms with Gasteiger partial charge in [-0.25, -0.2) is 4.57 Å². The van der Waals surface area contributed by atoms with Crippen LogP contribution in [0.4, 0.5) is 0 Å². The normalized spacial score (nSPS) is 11.8. The largest absolute Gasteiger partial charge is 1.00 e. The molecule has 0 aliphatic heterocycles. The number of nitrogens with zero attached hydrogens (tertiary/aromatic N) is 2. The Hall–Kier alpha value is -1.58. The molecule has 2 heterocycles. The van der Waals surface area contributed by atoms with Crippen molar-refractivity contribution in [3.63, 3.8) is 0 Å². The lowest BCUT2D eigenvalue weighted by Gasteiger charge is -2.02. The maximum atomic E-state index is 10.9. The first-order valence-corrected chi connectivity index (χ1v) is 16.4. The van der Waals surface area contributed by atoms with Gasteiger partial charge in [0.05, 0.1) is 12.9 Å². The molecule has 0 aromatic carbocycles. The lowest BCUT2D eigenvalue weighted by molar-refractivity contribution is -0.696. The fraction of sp³-hybridized carbons (Fsp3) is 0.562. The summed E-state index contributed by atoms with van der Waals surface area (Å²) in [5, 5.41) is 0. The number of allylic oxidation sites excluding steroid dienone is 3. The van der Waals surface area contributed by atoms with Crippen LogP contribution >= 0.6 is 0 Å². The summed E-state index contributed by atoms with van der Waals surface area (Å²) in [4.78, 5) is 4.18. The molecule has 0 saturated heterocycles. The van der Waals surface area contributed by atoms with Gasteiger partial charge in [0, 0.05) is 30.4 Å². The Labute approximate surface area is 255 Å². The van der Waals surface area contributed by atoms with E-state index in [1.165, 1.54) is 75.3 Å². The van der Waals surface area contributed by atoms with Crippen LogP contribution < -0.4 is 28.5 Å². The molecule has 0 N–H and O–H groups in total. The van der Waals surface area contributed by atoms with Crippen molar-refractivity contribution in [3.8, 4) is 0 Å². The first-order chi connectivity index (χ1) is 18.5. The number of halogens is 1. The van der Waals surface area contributed by atoms with Gasteiger partial charge in [0.25, 0.3) is 10.1 Å². The fourth-order valence-electron chi connectivity index (χ4n) is 4.44. The Morgan fingerprint density at radius 1 is 0.769 bits per heavy atom. The quantitative estimate of drug-likeness (QED) is 0.0617. The topological polar surface area (TPSA) is 60.1 Å². The highest BCUT2D eigenvalue weighted by molar-refractivity contribution is 7.85. The first-order valence-electron chi connectivity index (χ1n) is 14.5. The summed E-state index contributed by atoms with van der Waals surface area (Å²) in [5.41, 5.74) is 2.78. The molecule has 0 radical (unpaired) electrons. The number of aromatic nitrogens is 2. The highest BCUT2D eigenvalue weighted by atomic mass is 127. The van der Waals surface area contributed by atoms with E-state index in [2.05, 4.69) is 58.4 Å². The monoisotopic (exact) mass is 668 g/mol. The van der Waals surface area contributed by atoms with Gasteiger partial charge in [0.1, 0.15) is 0 Å². The van der Waals surface area contributed by atoms with Crippen LogP contribution in [0.3, 0.4) is 0 Å². The van der Waals surface area contributed by atoms with Crippen LogP contribution in [-0.2, 0) is 33.7 Å². The molecule has 39 heavy (non-hydrogen) atoms. The predicted octanol–water partition coefficient (Wildman–Crippen LogP) is 4.32. The molecule has 0 spiro atoms. The molecule has 0 unspecified atom stereocenters. The van der Waals surface area contributed by atoms with Crippen molar-refractivity contribution >= 4 is 10.1 Å². The SMILES string of the molecule is CS(=O)(=O)OCC/C=C/CCCCCCCCc1ccc[n+](CC/C=C/CCCCCc2cccnc2)c1.[I-]. The third-order valence-corrected chi connectivity index (χ3v) is 7.13. The van der Waals surface area contributed by atoms with Crippen molar-refractivity contribution in [2.45, 2.75) is 103 Å². The van der Waals surface area contributed by atoms with Crippen molar-refractivity contribution < 1.29 is 41.1 Å². The van der Waals surface area contributed by atoms with E-state index in [9.17, 15) is 8.42 Å². The third kappa shape index (κ3) is 20.9. The average Bonchev–Trinajstić information content (AvgIpc) is 2.90. The van der Waals surface area contributed by atoms with E-state index in [4.69, 9.17) is 4.18 Å². The van der Waals surface area contributed by atoms with Crippen LogP contribution in [-0.4, -0.2) is 26.3 Å². The first kappa shape index (κ1) is 35.4. The van der Waals surface area contributed by atoms with Crippen LogP contribution in [0.5, 0.6) is 0 Å². The second-order valence-corrected chi connectivity index (χ2v) is 11.8. The molecule has 0 aliphatic rings. The highest BCUT2D eigenvalue weighted by Crippen LogP contribution is 2.11. The molecule has 0 saturated carbocycles. The van der Waals surface area contributed by atoms with Crippen molar-refractivity contribution in [2.75, 3.05) is 12.9 Å².